The van der Waals surface area contributed by atoms with Crippen molar-refractivity contribution in [3.63, 3.8) is 0 Å². The fourth-order valence-electron chi connectivity index (χ4n) is 4.91. The molecule has 0 atom stereocenters. The summed E-state index contributed by atoms with van der Waals surface area (Å²) in [6, 6.07) is 5.12. The van der Waals surface area contributed by atoms with Crippen LogP contribution in [-0.2, 0) is 10.0 Å². The Labute approximate surface area is 215 Å². The van der Waals surface area contributed by atoms with E-state index in [1.165, 1.54) is 0 Å². The summed E-state index contributed by atoms with van der Waals surface area (Å²) in [5.41, 5.74) is 0.563. The minimum absolute atomic E-state index is 0. The van der Waals surface area contributed by atoms with Crippen molar-refractivity contribution in [2.45, 2.75) is 75.5 Å². The van der Waals surface area contributed by atoms with Gasteiger partial charge in [-0.3, -0.25) is 9.69 Å². The molecular formula is C23H32Cl2F4N2O3S. The lowest BCUT2D eigenvalue weighted by atomic mass is 9.74. The third-order valence-electron chi connectivity index (χ3n) is 7.19. The van der Waals surface area contributed by atoms with Crippen LogP contribution in [0.1, 0.15) is 67.8 Å². The summed E-state index contributed by atoms with van der Waals surface area (Å²) in [7, 11) is -4.79. The number of hydrogen-bond donors (Lipinski definition) is 0. The Hall–Kier alpha value is -0.940. The highest BCUT2D eigenvalue weighted by Crippen LogP contribution is 2.45. The second-order valence-electron chi connectivity index (χ2n) is 9.37. The fourth-order valence-corrected chi connectivity index (χ4v) is 6.63. The van der Waals surface area contributed by atoms with Crippen LogP contribution in [0.3, 0.4) is 0 Å². The molecule has 35 heavy (non-hydrogen) atoms. The third kappa shape index (κ3) is 6.50. The Bertz CT molecular complexity index is 1010. The highest BCUT2D eigenvalue weighted by atomic mass is 35.5. The van der Waals surface area contributed by atoms with Gasteiger partial charge in [-0.2, -0.15) is 13.1 Å². The monoisotopic (exact) mass is 562 g/mol. The lowest BCUT2D eigenvalue weighted by Crippen LogP contribution is -2.61. The van der Waals surface area contributed by atoms with E-state index in [4.69, 9.17) is 11.6 Å². The number of hydrogen-bond acceptors (Lipinski definition) is 4. The molecule has 2 aliphatic rings. The van der Waals surface area contributed by atoms with Crippen molar-refractivity contribution in [1.29, 1.82) is 0 Å². The van der Waals surface area contributed by atoms with Crippen molar-refractivity contribution in [2.75, 3.05) is 26.2 Å². The van der Waals surface area contributed by atoms with Crippen LogP contribution in [0.4, 0.5) is 17.6 Å². The maximum absolute atomic E-state index is 14.0. The number of carbonyl (C=O) groups excluding carboxylic acids is 1. The zero-order chi connectivity index (χ0) is 25.4. The van der Waals surface area contributed by atoms with Crippen LogP contribution in [0.25, 0.3) is 0 Å². The minimum Gasteiger partial charge on any atom is -0.295 e. The molecule has 1 aromatic carbocycles. The molecular weight excluding hydrogens is 531 g/mol. The molecule has 0 aromatic heterocycles. The molecule has 3 rings (SSSR count). The number of piperazine rings is 1. The Balaban J connectivity index is 0.00000432. The Morgan fingerprint density at radius 2 is 1.66 bits per heavy atom. The molecule has 0 amide bonds. The van der Waals surface area contributed by atoms with Crippen LogP contribution in [-0.4, -0.2) is 66.3 Å². The fraction of sp³-hybridized carbons (Fsp3) is 0.696. The van der Waals surface area contributed by atoms with E-state index in [0.29, 0.717) is 17.0 Å². The summed E-state index contributed by atoms with van der Waals surface area (Å²) in [5.74, 6) is -2.98. The van der Waals surface area contributed by atoms with Crippen LogP contribution < -0.4 is 0 Å². The summed E-state index contributed by atoms with van der Waals surface area (Å²) in [6.45, 7) is 2.96. The van der Waals surface area contributed by atoms with Crippen LogP contribution >= 0.6 is 24.0 Å². The van der Waals surface area contributed by atoms with Crippen molar-refractivity contribution in [2.24, 2.45) is 0 Å². The topological polar surface area (TPSA) is 57.7 Å². The van der Waals surface area contributed by atoms with Gasteiger partial charge in [0.15, 0.2) is 5.78 Å². The van der Waals surface area contributed by atoms with Gasteiger partial charge in [0.1, 0.15) is 0 Å². The first-order valence-electron chi connectivity index (χ1n) is 11.5. The van der Waals surface area contributed by atoms with Crippen molar-refractivity contribution in [1.82, 2.24) is 9.21 Å². The molecule has 1 saturated heterocycles. The van der Waals surface area contributed by atoms with E-state index in [1.54, 1.807) is 18.2 Å². The molecule has 0 unspecified atom stereocenters. The number of rotatable bonds is 8. The highest BCUT2D eigenvalue weighted by molar-refractivity contribution is 7.90. The second kappa shape index (κ2) is 11.2. The number of sulfonamides is 1. The van der Waals surface area contributed by atoms with E-state index >= 15 is 0 Å². The number of nitrogens with zero attached hydrogens (tertiary/aromatic N) is 2. The number of carbonyl (C=O) groups is 1. The van der Waals surface area contributed by atoms with Gasteiger partial charge in [0.05, 0.1) is 5.02 Å². The van der Waals surface area contributed by atoms with Gasteiger partial charge in [-0.05, 0) is 43.9 Å². The van der Waals surface area contributed by atoms with E-state index in [2.05, 4.69) is 0 Å². The van der Waals surface area contributed by atoms with Crippen molar-refractivity contribution < 1.29 is 30.8 Å². The van der Waals surface area contributed by atoms with Crippen molar-refractivity contribution in [3.05, 3.63) is 34.3 Å². The molecule has 1 aromatic rings. The van der Waals surface area contributed by atoms with Gasteiger partial charge in [0.25, 0.3) is 10.0 Å². The second-order valence-corrected chi connectivity index (χ2v) is 11.8. The predicted molar refractivity (Wildman–Crippen MR) is 130 cm³/mol. The molecule has 200 valence electrons. The van der Waals surface area contributed by atoms with Crippen LogP contribution in [0.2, 0.25) is 5.02 Å². The lowest BCUT2D eigenvalue weighted by molar-refractivity contribution is -0.0894. The molecule has 0 spiro atoms. The Morgan fingerprint density at radius 3 is 2.17 bits per heavy atom. The highest BCUT2D eigenvalue weighted by Gasteiger charge is 2.51. The molecule has 1 saturated carbocycles. The predicted octanol–water partition coefficient (Wildman–Crippen LogP) is 5.93. The third-order valence-corrected chi connectivity index (χ3v) is 9.59. The summed E-state index contributed by atoms with van der Waals surface area (Å²) >= 11 is 6.22. The molecule has 0 radical (unpaired) electrons. The molecule has 0 N–H and O–H groups in total. The molecule has 2 fully saturated rings. The zero-order valence-electron chi connectivity index (χ0n) is 19.8. The number of aryl methyl sites for hydroxylation is 1. The number of ketones is 1. The first kappa shape index (κ1) is 30.3. The quantitative estimate of drug-likeness (QED) is 0.291. The van der Waals surface area contributed by atoms with E-state index in [0.717, 1.165) is 16.8 Å². The van der Waals surface area contributed by atoms with Gasteiger partial charge in [-0.15, -0.1) is 12.4 Å². The minimum atomic E-state index is -4.79. The van der Waals surface area contributed by atoms with Crippen LogP contribution in [0.5, 0.6) is 0 Å². The lowest BCUT2D eigenvalue weighted by Gasteiger charge is -2.51. The van der Waals surface area contributed by atoms with Crippen LogP contribution in [0.15, 0.2) is 18.2 Å². The average Bonchev–Trinajstić information content (AvgIpc) is 2.78. The number of benzene rings is 1. The Morgan fingerprint density at radius 1 is 1.09 bits per heavy atom. The number of Topliss-reactive ketones (excluding diaryl/α,β-unsaturated/α-hetero) is 1. The molecule has 1 aliphatic heterocycles. The van der Waals surface area contributed by atoms with E-state index in [-0.39, 0.29) is 76.5 Å². The van der Waals surface area contributed by atoms with Crippen molar-refractivity contribution in [3.8, 4) is 0 Å². The van der Waals surface area contributed by atoms with Gasteiger partial charge >= 0.3 is 5.25 Å². The van der Waals surface area contributed by atoms with Gasteiger partial charge in [-0.25, -0.2) is 17.2 Å². The molecule has 1 heterocycles. The molecule has 0 bridgehead atoms. The zero-order valence-corrected chi connectivity index (χ0v) is 22.2. The van der Waals surface area contributed by atoms with E-state index in [9.17, 15) is 30.8 Å². The maximum Gasteiger partial charge on any atom is 0.359 e. The summed E-state index contributed by atoms with van der Waals surface area (Å²) < 4.78 is 81.3. The molecule has 1 aliphatic carbocycles. The normalized spacial score (nSPS) is 21.3. The first-order chi connectivity index (χ1) is 15.7. The largest absolute Gasteiger partial charge is 0.359 e. The summed E-state index contributed by atoms with van der Waals surface area (Å²) in [5, 5.41) is -3.51. The summed E-state index contributed by atoms with van der Waals surface area (Å²) in [6.07, 6.45) is -0.791. The van der Waals surface area contributed by atoms with E-state index in [1.807, 2.05) is 11.8 Å². The van der Waals surface area contributed by atoms with Gasteiger partial charge in [0, 0.05) is 63.0 Å². The standard InChI is InChI=1S/C23H31ClF4N2O3S.ClH/c1-3-23(27,28)34(32,33)30-14-12-29(13-15-30)21(8-10-22(25,26)11-9-21)7-6-20(31)18-5-4-17(2)16-19(18)24;/h4-5,16H,3,6-15H2,1-2H3;1H. The van der Waals surface area contributed by atoms with Crippen molar-refractivity contribution >= 4 is 39.8 Å². The van der Waals surface area contributed by atoms with E-state index < -0.39 is 33.2 Å². The summed E-state index contributed by atoms with van der Waals surface area (Å²) in [4.78, 5) is 14.8. The number of halogens is 6. The maximum atomic E-state index is 14.0. The first-order valence-corrected chi connectivity index (χ1v) is 13.3. The smallest absolute Gasteiger partial charge is 0.295 e. The molecule has 12 heteroatoms. The van der Waals surface area contributed by atoms with Gasteiger partial charge < -0.3 is 0 Å². The SMILES string of the molecule is CCC(F)(F)S(=O)(=O)N1CCN(C2(CCC(=O)c3ccc(C)cc3Cl)CCC(F)(F)CC2)CC1.Cl. The average molecular weight is 563 g/mol. The van der Waals surface area contributed by atoms with Gasteiger partial charge in [-0.1, -0.05) is 24.6 Å². The Kier molecular flexibility index (Phi) is 9.70. The van der Waals surface area contributed by atoms with Gasteiger partial charge in [0.2, 0.25) is 5.92 Å². The molecule has 5 nitrogen and oxygen atoms in total. The van der Waals surface area contributed by atoms with Crippen LogP contribution in [0, 0.1) is 6.92 Å². The number of alkyl halides is 4.